The van der Waals surface area contributed by atoms with Crippen LogP contribution in [0.3, 0.4) is 0 Å². The van der Waals surface area contributed by atoms with E-state index in [4.69, 9.17) is 0 Å². The van der Waals surface area contributed by atoms with Crippen molar-refractivity contribution in [2.45, 2.75) is 12.3 Å². The van der Waals surface area contributed by atoms with Gasteiger partial charge in [0.2, 0.25) is 0 Å². The number of aliphatic hydroxyl groups is 1. The Hall–Kier alpha value is -1.47. The van der Waals surface area contributed by atoms with Gasteiger partial charge in [0.05, 0.1) is 11.3 Å². The van der Waals surface area contributed by atoms with Gasteiger partial charge in [-0.2, -0.15) is 13.2 Å². The summed E-state index contributed by atoms with van der Waals surface area (Å²) in [4.78, 5) is 3.91. The minimum absolute atomic E-state index is 0.00493. The highest BCUT2D eigenvalue weighted by atomic mass is 79.9. The smallest absolute Gasteiger partial charge is 0.382 e. The van der Waals surface area contributed by atoms with E-state index in [1.165, 1.54) is 12.3 Å². The summed E-state index contributed by atoms with van der Waals surface area (Å²) in [5.74, 6) is -1.42. The zero-order chi connectivity index (χ0) is 14.9. The second-order valence-electron chi connectivity index (χ2n) is 4.04. The fourth-order valence-electron chi connectivity index (χ4n) is 1.65. The van der Waals surface area contributed by atoms with Crippen LogP contribution in [0.25, 0.3) is 0 Å². The summed E-state index contributed by atoms with van der Waals surface area (Å²) in [6.07, 6.45) is -4.62. The monoisotopic (exact) mass is 349 g/mol. The lowest BCUT2D eigenvalue weighted by atomic mass is 10.0. The van der Waals surface area contributed by atoms with Gasteiger partial charge in [-0.1, -0.05) is 6.07 Å². The molecule has 2 aromatic rings. The number of alkyl halides is 3. The molecule has 1 unspecified atom stereocenters. The van der Waals surface area contributed by atoms with Gasteiger partial charge in [0.15, 0.2) is 0 Å². The average Bonchev–Trinajstić information content (AvgIpc) is 2.37. The van der Waals surface area contributed by atoms with Gasteiger partial charge < -0.3 is 5.11 Å². The predicted molar refractivity (Wildman–Crippen MR) is 67.4 cm³/mol. The van der Waals surface area contributed by atoms with Gasteiger partial charge in [0.25, 0.3) is 0 Å². The molecular formula is C13H8BrF4NO. The van der Waals surface area contributed by atoms with Crippen LogP contribution in [0.5, 0.6) is 0 Å². The van der Waals surface area contributed by atoms with Crippen LogP contribution in [-0.2, 0) is 6.18 Å². The van der Waals surface area contributed by atoms with Crippen LogP contribution in [0, 0.1) is 5.82 Å². The zero-order valence-electron chi connectivity index (χ0n) is 9.83. The molecule has 0 aliphatic heterocycles. The zero-order valence-corrected chi connectivity index (χ0v) is 11.4. The van der Waals surface area contributed by atoms with E-state index < -0.39 is 23.7 Å². The fraction of sp³-hybridized carbons (Fsp3) is 0.154. The number of hydrogen-bond donors (Lipinski definition) is 1. The second-order valence-corrected chi connectivity index (χ2v) is 4.96. The normalized spacial score (nSPS) is 13.3. The molecule has 0 aliphatic carbocycles. The standard InChI is InChI=1S/C13H8BrF4NO/c14-8-2-4-11(19-6-8)12(20)7-1-3-9(10(15)5-7)13(16,17)18/h1-6,12,20H. The minimum atomic E-state index is -4.76. The molecule has 0 aliphatic rings. The van der Waals surface area contributed by atoms with Crippen molar-refractivity contribution in [1.29, 1.82) is 0 Å². The van der Waals surface area contributed by atoms with Crippen LogP contribution in [-0.4, -0.2) is 10.1 Å². The molecule has 1 atom stereocenters. The predicted octanol–water partition coefficient (Wildman–Crippen LogP) is 4.08. The number of aromatic nitrogens is 1. The highest BCUT2D eigenvalue weighted by Gasteiger charge is 2.34. The molecule has 1 aromatic heterocycles. The van der Waals surface area contributed by atoms with Crippen molar-refractivity contribution in [2.75, 3.05) is 0 Å². The molecule has 0 saturated heterocycles. The lowest BCUT2D eigenvalue weighted by molar-refractivity contribution is -0.140. The molecule has 0 spiro atoms. The van der Waals surface area contributed by atoms with Crippen LogP contribution < -0.4 is 0 Å². The van der Waals surface area contributed by atoms with Crippen molar-refractivity contribution in [3.05, 3.63) is 63.6 Å². The molecule has 1 N–H and O–H groups in total. The van der Waals surface area contributed by atoms with E-state index in [-0.39, 0.29) is 11.3 Å². The first kappa shape index (κ1) is 14.9. The molecule has 20 heavy (non-hydrogen) atoms. The summed E-state index contributed by atoms with van der Waals surface area (Å²) < 4.78 is 51.4. The fourth-order valence-corrected chi connectivity index (χ4v) is 1.89. The number of rotatable bonds is 2. The largest absolute Gasteiger partial charge is 0.419 e. The number of pyridine rings is 1. The van der Waals surface area contributed by atoms with Crippen molar-refractivity contribution in [1.82, 2.24) is 4.98 Å². The Bertz CT molecular complexity index is 613. The number of aliphatic hydroxyl groups excluding tert-OH is 1. The highest BCUT2D eigenvalue weighted by Crippen LogP contribution is 2.33. The van der Waals surface area contributed by atoms with Crippen molar-refractivity contribution in [3.8, 4) is 0 Å². The number of nitrogens with zero attached hydrogens (tertiary/aromatic N) is 1. The Morgan fingerprint density at radius 2 is 1.85 bits per heavy atom. The molecule has 0 amide bonds. The Morgan fingerprint density at radius 1 is 1.15 bits per heavy atom. The van der Waals surface area contributed by atoms with E-state index >= 15 is 0 Å². The van der Waals surface area contributed by atoms with Crippen molar-refractivity contribution >= 4 is 15.9 Å². The van der Waals surface area contributed by atoms with Crippen LogP contribution >= 0.6 is 15.9 Å². The van der Waals surface area contributed by atoms with E-state index in [0.29, 0.717) is 16.6 Å². The molecule has 7 heteroatoms. The van der Waals surface area contributed by atoms with Crippen molar-refractivity contribution in [2.24, 2.45) is 0 Å². The first-order valence-corrected chi connectivity index (χ1v) is 6.24. The first-order chi connectivity index (χ1) is 9.29. The van der Waals surface area contributed by atoms with Crippen molar-refractivity contribution in [3.63, 3.8) is 0 Å². The third-order valence-electron chi connectivity index (χ3n) is 2.64. The molecular weight excluding hydrogens is 342 g/mol. The molecule has 2 rings (SSSR count). The van der Waals surface area contributed by atoms with Gasteiger partial charge in [-0.15, -0.1) is 0 Å². The van der Waals surface area contributed by atoms with Gasteiger partial charge in [-0.25, -0.2) is 4.39 Å². The number of halogens is 5. The summed E-state index contributed by atoms with van der Waals surface area (Å²) in [6, 6.07) is 5.40. The van der Waals surface area contributed by atoms with E-state index in [9.17, 15) is 22.7 Å². The van der Waals surface area contributed by atoms with Crippen molar-refractivity contribution < 1.29 is 22.7 Å². The minimum Gasteiger partial charge on any atom is -0.382 e. The maximum atomic E-state index is 13.4. The lowest BCUT2D eigenvalue weighted by Gasteiger charge is -2.13. The maximum Gasteiger partial charge on any atom is 0.419 e. The van der Waals surface area contributed by atoms with Crippen LogP contribution in [0.2, 0.25) is 0 Å². The second kappa shape index (κ2) is 5.49. The average molecular weight is 350 g/mol. The molecule has 2 nitrogen and oxygen atoms in total. The maximum absolute atomic E-state index is 13.4. The number of benzene rings is 1. The summed E-state index contributed by atoms with van der Waals surface area (Å²) in [6.45, 7) is 0. The Morgan fingerprint density at radius 3 is 2.35 bits per heavy atom. The van der Waals surface area contributed by atoms with Crippen LogP contribution in [0.1, 0.15) is 22.9 Å². The third-order valence-corrected chi connectivity index (χ3v) is 3.11. The quantitative estimate of drug-likeness (QED) is 0.828. The first-order valence-electron chi connectivity index (χ1n) is 5.45. The topological polar surface area (TPSA) is 33.1 Å². The van der Waals surface area contributed by atoms with Gasteiger partial charge in [-0.05, 0) is 45.8 Å². The summed E-state index contributed by atoms with van der Waals surface area (Å²) in [5.41, 5.74) is -1.14. The lowest BCUT2D eigenvalue weighted by Crippen LogP contribution is -2.10. The van der Waals surface area contributed by atoms with E-state index in [0.717, 1.165) is 6.07 Å². The van der Waals surface area contributed by atoms with E-state index in [2.05, 4.69) is 20.9 Å². The molecule has 1 heterocycles. The number of hydrogen-bond acceptors (Lipinski definition) is 2. The molecule has 0 saturated carbocycles. The van der Waals surface area contributed by atoms with Crippen LogP contribution in [0.15, 0.2) is 41.0 Å². The van der Waals surface area contributed by atoms with E-state index in [1.54, 1.807) is 6.07 Å². The summed E-state index contributed by atoms with van der Waals surface area (Å²) in [7, 11) is 0. The molecule has 106 valence electrons. The van der Waals surface area contributed by atoms with Gasteiger partial charge in [0, 0.05) is 10.7 Å². The third kappa shape index (κ3) is 3.16. The Kier molecular flexibility index (Phi) is 4.10. The molecule has 0 fully saturated rings. The summed E-state index contributed by atoms with van der Waals surface area (Å²) >= 11 is 3.16. The molecule has 0 radical (unpaired) electrons. The summed E-state index contributed by atoms with van der Waals surface area (Å²) in [5, 5.41) is 9.98. The van der Waals surface area contributed by atoms with Crippen LogP contribution in [0.4, 0.5) is 17.6 Å². The highest BCUT2D eigenvalue weighted by molar-refractivity contribution is 9.10. The Labute approximate surface area is 120 Å². The SMILES string of the molecule is OC(c1ccc(C(F)(F)F)c(F)c1)c1ccc(Br)cn1. The Balaban J connectivity index is 2.34. The van der Waals surface area contributed by atoms with E-state index in [1.807, 2.05) is 0 Å². The van der Waals surface area contributed by atoms with Gasteiger partial charge in [-0.3, -0.25) is 4.98 Å². The van der Waals surface area contributed by atoms with Gasteiger partial charge in [0.1, 0.15) is 11.9 Å². The van der Waals surface area contributed by atoms with Gasteiger partial charge >= 0.3 is 6.18 Å². The molecule has 1 aromatic carbocycles. The molecule has 0 bridgehead atoms.